The Labute approximate surface area is 278 Å². The fourth-order valence-corrected chi connectivity index (χ4v) is 4.92. The van der Waals surface area contributed by atoms with Gasteiger partial charge in [-0.15, -0.1) is 0 Å². The third-order valence-corrected chi connectivity index (χ3v) is 7.79. The van der Waals surface area contributed by atoms with Crippen molar-refractivity contribution < 1.29 is 23.7 Å². The van der Waals surface area contributed by atoms with Crippen molar-refractivity contribution in [3.05, 3.63) is 122 Å². The highest BCUT2D eigenvalue weighted by Crippen LogP contribution is 2.30. The Bertz CT molecular complexity index is 1590. The van der Waals surface area contributed by atoms with Crippen molar-refractivity contribution in [3.8, 4) is 18.0 Å². The van der Waals surface area contributed by atoms with Crippen LogP contribution in [0.5, 0.6) is 5.88 Å². The van der Waals surface area contributed by atoms with E-state index in [1.54, 1.807) is 18.3 Å². The van der Waals surface area contributed by atoms with E-state index in [4.69, 9.17) is 29.8 Å². The molecular formula is C34H31Br2FN4O4. The van der Waals surface area contributed by atoms with Gasteiger partial charge in [-0.1, -0.05) is 60.7 Å². The maximum absolute atomic E-state index is 12.4. The lowest BCUT2D eigenvalue weighted by Crippen LogP contribution is -2.39. The van der Waals surface area contributed by atoms with Crippen LogP contribution in [0.3, 0.4) is 0 Å². The number of ether oxygens (including phenoxy) is 3. The molecule has 232 valence electrons. The summed E-state index contributed by atoms with van der Waals surface area (Å²) >= 11 is 6.35. The van der Waals surface area contributed by atoms with Gasteiger partial charge in [0.2, 0.25) is 11.8 Å². The highest BCUT2D eigenvalue weighted by molar-refractivity contribution is 9.10. The van der Waals surface area contributed by atoms with Crippen molar-refractivity contribution in [1.29, 1.82) is 10.5 Å². The third-order valence-electron chi connectivity index (χ3n) is 6.92. The van der Waals surface area contributed by atoms with Crippen LogP contribution < -0.4 is 4.74 Å². The first-order valence-electron chi connectivity index (χ1n) is 14.3. The fraction of sp³-hybridized carbons (Fsp3) is 0.294. The molecule has 2 fully saturated rings. The zero-order valence-electron chi connectivity index (χ0n) is 24.2. The second kappa shape index (κ2) is 17.7. The van der Waals surface area contributed by atoms with E-state index in [2.05, 4.69) is 72.2 Å². The van der Waals surface area contributed by atoms with Crippen LogP contribution >= 0.6 is 31.9 Å². The van der Waals surface area contributed by atoms with Crippen LogP contribution in [0.2, 0.25) is 0 Å². The number of rotatable bonds is 8. The van der Waals surface area contributed by atoms with Gasteiger partial charge in [-0.05, 0) is 68.0 Å². The summed E-state index contributed by atoms with van der Waals surface area (Å²) in [4.78, 5) is 7.47. The summed E-state index contributed by atoms with van der Waals surface area (Å²) in [6, 6.07) is 27.1. The Balaban J connectivity index is 0.000000170. The number of nitriles is 2. The average molecular weight is 738 g/mol. The van der Waals surface area contributed by atoms with Gasteiger partial charge < -0.3 is 19.3 Å². The minimum Gasteiger partial charge on any atom is -0.473 e. The van der Waals surface area contributed by atoms with E-state index in [-0.39, 0.29) is 30.0 Å². The highest BCUT2D eigenvalue weighted by Gasteiger charge is 2.32. The van der Waals surface area contributed by atoms with Crippen LogP contribution in [-0.2, 0) is 22.7 Å². The molecule has 0 aliphatic heterocycles. The smallest absolute Gasteiger partial charge is 0.231 e. The minimum atomic E-state index is -0.731. The first-order chi connectivity index (χ1) is 21.8. The molecular weight excluding hydrogens is 707 g/mol. The van der Waals surface area contributed by atoms with Crippen molar-refractivity contribution in [2.24, 2.45) is 0 Å². The minimum absolute atomic E-state index is 0.0469. The molecule has 0 radical (unpaired) electrons. The summed E-state index contributed by atoms with van der Waals surface area (Å²) < 4.78 is 31.0. The molecule has 11 heteroatoms. The van der Waals surface area contributed by atoms with Gasteiger partial charge in [0.25, 0.3) is 0 Å². The molecule has 1 N–H and O–H groups in total. The van der Waals surface area contributed by atoms with E-state index in [9.17, 15) is 4.39 Å². The number of hydrogen-bond acceptors (Lipinski definition) is 8. The van der Waals surface area contributed by atoms with E-state index in [0.29, 0.717) is 29.1 Å². The number of aromatic nitrogens is 2. The van der Waals surface area contributed by atoms with Crippen LogP contribution in [0.4, 0.5) is 4.39 Å². The van der Waals surface area contributed by atoms with Crippen molar-refractivity contribution >= 4 is 31.9 Å². The summed E-state index contributed by atoms with van der Waals surface area (Å²) in [6.07, 6.45) is 6.63. The predicted molar refractivity (Wildman–Crippen MR) is 172 cm³/mol. The van der Waals surface area contributed by atoms with Crippen molar-refractivity contribution in [2.45, 2.75) is 63.3 Å². The monoisotopic (exact) mass is 736 g/mol. The number of benzene rings is 2. The molecule has 2 aromatic carbocycles. The van der Waals surface area contributed by atoms with E-state index in [0.717, 1.165) is 30.2 Å². The lowest BCUT2D eigenvalue weighted by Gasteiger charge is -2.34. The topological polar surface area (TPSA) is 121 Å². The molecule has 0 saturated heterocycles. The fourth-order valence-electron chi connectivity index (χ4n) is 4.26. The quantitative estimate of drug-likeness (QED) is 0.186. The molecule has 0 amide bonds. The van der Waals surface area contributed by atoms with Gasteiger partial charge in [0.1, 0.15) is 29.4 Å². The van der Waals surface area contributed by atoms with Gasteiger partial charge in [0.15, 0.2) is 0 Å². The zero-order valence-corrected chi connectivity index (χ0v) is 27.4. The normalized spacial score (nSPS) is 19.5. The summed E-state index contributed by atoms with van der Waals surface area (Å²) in [5.41, 5.74) is 2.77. The van der Waals surface area contributed by atoms with Crippen LogP contribution in [0.25, 0.3) is 0 Å². The van der Waals surface area contributed by atoms with E-state index in [1.807, 2.05) is 36.4 Å². The van der Waals surface area contributed by atoms with Crippen molar-refractivity contribution in [3.63, 3.8) is 0 Å². The first kappa shape index (κ1) is 34.2. The Hall–Kier alpha value is -3.71. The molecule has 4 aromatic rings. The van der Waals surface area contributed by atoms with Crippen molar-refractivity contribution in [1.82, 2.24) is 9.97 Å². The Morgan fingerprint density at radius 2 is 1.22 bits per heavy atom. The molecule has 0 atom stereocenters. The molecule has 6 rings (SSSR count). The number of nitrogens with zero attached hydrogens (tertiary/aromatic N) is 4. The molecule has 0 spiro atoms. The number of aliphatic hydroxyl groups is 1. The lowest BCUT2D eigenvalue weighted by molar-refractivity contribution is -0.0778. The number of halogens is 3. The van der Waals surface area contributed by atoms with E-state index >= 15 is 0 Å². The SMILES string of the molecule is N#Cc1cc(Br)cnc1F.N#Cc1cc(Br)cnc1OC1CC(OCc2ccccc2)C1.OC1CC(OCc2ccccc2)C1. The van der Waals surface area contributed by atoms with Crippen molar-refractivity contribution in [2.75, 3.05) is 0 Å². The molecule has 2 aliphatic carbocycles. The molecule has 2 heterocycles. The second-order valence-electron chi connectivity index (χ2n) is 10.4. The lowest BCUT2D eigenvalue weighted by atomic mass is 9.92. The molecule has 2 aromatic heterocycles. The largest absolute Gasteiger partial charge is 0.473 e. The summed E-state index contributed by atoms with van der Waals surface area (Å²) in [5, 5.41) is 26.4. The maximum Gasteiger partial charge on any atom is 0.231 e. The van der Waals surface area contributed by atoms with Gasteiger partial charge in [0.05, 0.1) is 31.5 Å². The Morgan fingerprint density at radius 1 is 0.733 bits per heavy atom. The standard InChI is InChI=1S/C17H15BrN2O2.C11H14O2.C6H2BrFN2/c18-14-6-13(9-19)17(20-10-14)22-16-7-15(8-16)21-11-12-4-2-1-3-5-12;12-10-6-11(7-10)13-8-9-4-2-1-3-5-9;7-5-1-4(2-9)6(8)10-3-5/h1-6,10,15-16H,7-8,11H2;1-5,10-12H,6-8H2;1,3H. The van der Waals surface area contributed by atoms with Gasteiger partial charge in [0, 0.05) is 34.2 Å². The first-order valence-corrected chi connectivity index (χ1v) is 15.8. The maximum atomic E-state index is 12.4. The number of pyridine rings is 2. The molecule has 8 nitrogen and oxygen atoms in total. The van der Waals surface area contributed by atoms with Gasteiger partial charge in [-0.25, -0.2) is 9.97 Å². The molecule has 0 unspecified atom stereocenters. The third kappa shape index (κ3) is 11.3. The van der Waals surface area contributed by atoms with Gasteiger partial charge in [-0.3, -0.25) is 0 Å². The second-order valence-corrected chi connectivity index (χ2v) is 12.2. The van der Waals surface area contributed by atoms with Gasteiger partial charge in [-0.2, -0.15) is 14.9 Å². The van der Waals surface area contributed by atoms with E-state index < -0.39 is 5.95 Å². The highest BCUT2D eigenvalue weighted by atomic mass is 79.9. The summed E-state index contributed by atoms with van der Waals surface area (Å²) in [6.45, 7) is 1.29. The number of aliphatic hydroxyl groups excluding tert-OH is 1. The number of hydrogen-bond donors (Lipinski definition) is 1. The van der Waals surface area contributed by atoms with E-state index in [1.165, 1.54) is 23.4 Å². The summed E-state index contributed by atoms with van der Waals surface area (Å²) in [7, 11) is 0. The molecule has 45 heavy (non-hydrogen) atoms. The summed E-state index contributed by atoms with van der Waals surface area (Å²) in [5.74, 6) is -0.331. The van der Waals surface area contributed by atoms with Crippen LogP contribution in [0.1, 0.15) is 47.9 Å². The van der Waals surface area contributed by atoms with Crippen LogP contribution in [0.15, 0.2) is 94.1 Å². The molecule has 0 bridgehead atoms. The molecule has 2 saturated carbocycles. The Kier molecular flexibility index (Phi) is 13.4. The van der Waals surface area contributed by atoms with Crippen LogP contribution in [0, 0.1) is 28.6 Å². The van der Waals surface area contributed by atoms with Gasteiger partial charge >= 0.3 is 0 Å². The van der Waals surface area contributed by atoms with Crippen LogP contribution in [-0.4, -0.2) is 39.5 Å². The average Bonchev–Trinajstić information content (AvgIpc) is 3.03. The Morgan fingerprint density at radius 3 is 1.71 bits per heavy atom. The predicted octanol–water partition coefficient (Wildman–Crippen LogP) is 7.42. The zero-order chi connectivity index (χ0) is 32.0. The molecule has 2 aliphatic rings.